The first-order valence-corrected chi connectivity index (χ1v) is 9.37. The molecule has 2 aliphatic rings. The van der Waals surface area contributed by atoms with E-state index in [9.17, 15) is 8.42 Å². The summed E-state index contributed by atoms with van der Waals surface area (Å²) in [5.41, 5.74) is 0. The molecule has 1 aliphatic heterocycles. The number of rotatable bonds is 6. The molecule has 2 heterocycles. The zero-order valence-corrected chi connectivity index (χ0v) is 13.1. The molecule has 1 N–H and O–H groups in total. The molecular formula is C12H22N6O2S. The molecule has 0 aromatic carbocycles. The maximum Gasteiger partial charge on any atom is 0.208 e. The molecule has 1 saturated heterocycles. The first-order valence-electron chi connectivity index (χ1n) is 7.48. The summed E-state index contributed by atoms with van der Waals surface area (Å²) >= 11 is 0. The molecule has 1 aliphatic carbocycles. The molecule has 3 rings (SSSR count). The number of hydrogen-bond donors (Lipinski definition) is 1. The minimum Gasteiger partial charge on any atom is -0.292 e. The predicted molar refractivity (Wildman–Crippen MR) is 77.0 cm³/mol. The Morgan fingerprint density at radius 1 is 1.29 bits per heavy atom. The van der Waals surface area contributed by atoms with E-state index in [2.05, 4.69) is 25.1 Å². The highest BCUT2D eigenvalue weighted by molar-refractivity contribution is 7.88. The van der Waals surface area contributed by atoms with Crippen molar-refractivity contribution in [1.82, 2.24) is 29.8 Å². The van der Waals surface area contributed by atoms with Crippen molar-refractivity contribution in [2.24, 2.45) is 0 Å². The van der Waals surface area contributed by atoms with Gasteiger partial charge in [0.05, 0.1) is 18.8 Å². The summed E-state index contributed by atoms with van der Waals surface area (Å²) in [7, 11) is -3.14. The molecule has 9 heteroatoms. The van der Waals surface area contributed by atoms with E-state index >= 15 is 0 Å². The molecule has 1 atom stereocenters. The van der Waals surface area contributed by atoms with Gasteiger partial charge in [0.1, 0.15) is 0 Å². The number of nitrogens with one attached hydrogen (secondary N) is 1. The summed E-state index contributed by atoms with van der Waals surface area (Å²) in [5.74, 6) is 0.892. The fraction of sp³-hybridized carbons (Fsp3) is 0.917. The third kappa shape index (κ3) is 3.98. The van der Waals surface area contributed by atoms with Crippen LogP contribution < -0.4 is 4.72 Å². The minimum absolute atomic E-state index is 0.220. The first kappa shape index (κ1) is 14.9. The molecule has 0 bridgehead atoms. The Morgan fingerprint density at radius 3 is 2.81 bits per heavy atom. The van der Waals surface area contributed by atoms with Crippen LogP contribution in [0.2, 0.25) is 0 Å². The largest absolute Gasteiger partial charge is 0.292 e. The molecule has 1 saturated carbocycles. The number of aromatic nitrogens is 4. The van der Waals surface area contributed by atoms with Crippen LogP contribution in [0.25, 0.3) is 0 Å². The van der Waals surface area contributed by atoms with Gasteiger partial charge in [0.25, 0.3) is 0 Å². The van der Waals surface area contributed by atoms with E-state index in [1.165, 1.54) is 6.26 Å². The van der Waals surface area contributed by atoms with Crippen LogP contribution in [0, 0.1) is 0 Å². The van der Waals surface area contributed by atoms with Gasteiger partial charge >= 0.3 is 0 Å². The summed E-state index contributed by atoms with van der Waals surface area (Å²) < 4.78 is 27.1. The number of nitrogens with zero attached hydrogens (tertiary/aromatic N) is 5. The third-order valence-corrected chi connectivity index (χ3v) is 4.82. The number of sulfonamides is 1. The van der Waals surface area contributed by atoms with Crippen molar-refractivity contribution in [3.63, 3.8) is 0 Å². The van der Waals surface area contributed by atoms with Crippen molar-refractivity contribution in [2.45, 2.75) is 50.7 Å². The fourth-order valence-corrected chi connectivity index (χ4v) is 3.34. The van der Waals surface area contributed by atoms with E-state index in [0.29, 0.717) is 19.1 Å². The summed E-state index contributed by atoms with van der Waals surface area (Å²) in [6.07, 6.45) is 6.79. The van der Waals surface area contributed by atoms with Crippen LogP contribution in [0.1, 0.15) is 44.0 Å². The Morgan fingerprint density at radius 2 is 2.10 bits per heavy atom. The Labute approximate surface area is 124 Å². The van der Waals surface area contributed by atoms with Crippen molar-refractivity contribution < 1.29 is 8.42 Å². The molecule has 1 aromatic rings. The fourth-order valence-electron chi connectivity index (χ4n) is 2.85. The minimum atomic E-state index is -3.14. The lowest BCUT2D eigenvalue weighted by atomic mass is 10.0. The zero-order chi connectivity index (χ0) is 14.9. The van der Waals surface area contributed by atoms with Crippen molar-refractivity contribution in [2.75, 3.05) is 19.3 Å². The Hall–Kier alpha value is -1.06. The second-order valence-corrected chi connectivity index (χ2v) is 7.84. The van der Waals surface area contributed by atoms with Gasteiger partial charge in [-0.3, -0.25) is 4.90 Å². The third-order valence-electron chi connectivity index (χ3n) is 4.13. The lowest BCUT2D eigenvalue weighted by Crippen LogP contribution is -2.46. The summed E-state index contributed by atoms with van der Waals surface area (Å²) in [6.45, 7) is 2.12. The van der Waals surface area contributed by atoms with Gasteiger partial charge < -0.3 is 0 Å². The lowest BCUT2D eigenvalue weighted by molar-refractivity contribution is 0.136. The normalized spacial score (nSPS) is 24.3. The molecule has 21 heavy (non-hydrogen) atoms. The van der Waals surface area contributed by atoms with Crippen LogP contribution in [0.3, 0.4) is 0 Å². The number of tetrazole rings is 1. The quantitative estimate of drug-likeness (QED) is 0.789. The second kappa shape index (κ2) is 5.98. The average Bonchev–Trinajstić information content (AvgIpc) is 3.17. The molecule has 118 valence electrons. The molecule has 1 aromatic heterocycles. The van der Waals surface area contributed by atoms with Crippen LogP contribution in [0.5, 0.6) is 0 Å². The van der Waals surface area contributed by atoms with Gasteiger partial charge in [-0.05, 0) is 42.7 Å². The Kier molecular flexibility index (Phi) is 4.23. The molecule has 0 spiro atoms. The van der Waals surface area contributed by atoms with Gasteiger partial charge in [0.2, 0.25) is 10.0 Å². The summed E-state index contributed by atoms with van der Waals surface area (Å²) in [6, 6.07) is 0.685. The van der Waals surface area contributed by atoms with Crippen molar-refractivity contribution in [3.8, 4) is 0 Å². The van der Waals surface area contributed by atoms with Gasteiger partial charge in [0, 0.05) is 12.6 Å². The highest BCUT2D eigenvalue weighted by Crippen LogP contribution is 2.34. The van der Waals surface area contributed by atoms with E-state index in [4.69, 9.17) is 0 Å². The van der Waals surface area contributed by atoms with E-state index in [-0.39, 0.29) is 6.04 Å². The van der Waals surface area contributed by atoms with E-state index in [1.807, 2.05) is 4.68 Å². The molecule has 0 unspecified atom stereocenters. The molecular weight excluding hydrogens is 292 g/mol. The van der Waals surface area contributed by atoms with Gasteiger partial charge in [-0.2, -0.15) is 0 Å². The van der Waals surface area contributed by atoms with Crippen LogP contribution in [0.4, 0.5) is 0 Å². The van der Waals surface area contributed by atoms with Crippen LogP contribution in [0.15, 0.2) is 0 Å². The smallest absolute Gasteiger partial charge is 0.208 e. The SMILES string of the molecule is CS(=O)(=O)NC[C@H]1CCCCN1Cc1nnnn1C1CC1. The second-order valence-electron chi connectivity index (χ2n) is 6.01. The van der Waals surface area contributed by atoms with Crippen molar-refractivity contribution >= 4 is 10.0 Å². The molecule has 0 radical (unpaired) electrons. The average molecular weight is 314 g/mol. The van der Waals surface area contributed by atoms with Crippen LogP contribution in [-0.2, 0) is 16.6 Å². The zero-order valence-electron chi connectivity index (χ0n) is 12.3. The monoisotopic (exact) mass is 314 g/mol. The number of piperidine rings is 1. The first-order chi connectivity index (χ1) is 10.0. The van der Waals surface area contributed by atoms with Gasteiger partial charge in [-0.15, -0.1) is 5.10 Å². The van der Waals surface area contributed by atoms with E-state index in [0.717, 1.165) is 44.5 Å². The number of hydrogen-bond acceptors (Lipinski definition) is 6. The maximum absolute atomic E-state index is 11.3. The molecule has 0 amide bonds. The maximum atomic E-state index is 11.3. The van der Waals surface area contributed by atoms with Gasteiger partial charge in [0.15, 0.2) is 5.82 Å². The van der Waals surface area contributed by atoms with Crippen molar-refractivity contribution in [1.29, 1.82) is 0 Å². The summed E-state index contributed by atoms with van der Waals surface area (Å²) in [5, 5.41) is 12.0. The standard InChI is InChI=1S/C12H22N6O2S/c1-21(19,20)13-8-11-4-2-3-7-17(11)9-12-14-15-16-18(12)10-5-6-10/h10-11,13H,2-9H2,1H3/t11-/m1/s1. The van der Waals surface area contributed by atoms with E-state index < -0.39 is 10.0 Å². The lowest BCUT2D eigenvalue weighted by Gasteiger charge is -2.35. The highest BCUT2D eigenvalue weighted by Gasteiger charge is 2.30. The topological polar surface area (TPSA) is 93.0 Å². The van der Waals surface area contributed by atoms with E-state index in [1.54, 1.807) is 0 Å². The summed E-state index contributed by atoms with van der Waals surface area (Å²) in [4.78, 5) is 2.30. The highest BCUT2D eigenvalue weighted by atomic mass is 32.2. The molecule has 2 fully saturated rings. The van der Waals surface area contributed by atoms with Gasteiger partial charge in [-0.1, -0.05) is 6.42 Å². The van der Waals surface area contributed by atoms with Gasteiger partial charge in [-0.25, -0.2) is 17.8 Å². The van der Waals surface area contributed by atoms with Crippen LogP contribution >= 0.6 is 0 Å². The van der Waals surface area contributed by atoms with Crippen molar-refractivity contribution in [3.05, 3.63) is 5.82 Å². The van der Waals surface area contributed by atoms with Crippen LogP contribution in [-0.4, -0.2) is 58.9 Å². The Bertz CT molecular complexity index is 582. The number of likely N-dealkylation sites (tertiary alicyclic amines) is 1. The predicted octanol–water partition coefficient (Wildman–Crippen LogP) is -0.0883. The molecule has 8 nitrogen and oxygen atoms in total. The Balaban J connectivity index is 1.64.